The summed E-state index contributed by atoms with van der Waals surface area (Å²) in [4.78, 5) is 15.4. The van der Waals surface area contributed by atoms with E-state index in [1.54, 1.807) is 0 Å². The second kappa shape index (κ2) is 5.09. The first-order valence-corrected chi connectivity index (χ1v) is 6.86. The fraction of sp³-hybridized carbons (Fsp3) is 0.333. The second-order valence-electron chi connectivity index (χ2n) is 5.33. The minimum absolute atomic E-state index is 0.452. The first-order chi connectivity index (χ1) is 9.61. The lowest BCUT2D eigenvalue weighted by Crippen LogP contribution is -2.22. The minimum Gasteiger partial charge on any atom is -0.342 e. The molecule has 0 aliphatic carbocycles. The summed E-state index contributed by atoms with van der Waals surface area (Å²) in [6.07, 6.45) is 1.88. The lowest BCUT2D eigenvalue weighted by atomic mass is 10.1. The highest BCUT2D eigenvalue weighted by atomic mass is 15.0. The number of aromatic amines is 2. The van der Waals surface area contributed by atoms with Gasteiger partial charge in [-0.1, -0.05) is 19.9 Å². The Labute approximate surface area is 117 Å². The smallest absolute Gasteiger partial charge is 0.120 e. The molecule has 0 saturated carbocycles. The normalized spacial score (nSPS) is 11.6. The molecule has 0 saturated heterocycles. The predicted octanol–water partition coefficient (Wildman–Crippen LogP) is 2.76. The van der Waals surface area contributed by atoms with Crippen molar-refractivity contribution in [2.24, 2.45) is 0 Å². The molecule has 0 aliphatic rings. The van der Waals surface area contributed by atoms with E-state index in [9.17, 15) is 0 Å². The first-order valence-electron chi connectivity index (χ1n) is 6.86. The van der Waals surface area contributed by atoms with Gasteiger partial charge in [0.1, 0.15) is 11.6 Å². The van der Waals surface area contributed by atoms with Gasteiger partial charge in [-0.3, -0.25) is 0 Å². The molecule has 0 spiro atoms. The van der Waals surface area contributed by atoms with E-state index in [2.05, 4.69) is 51.2 Å². The number of nitrogens with zero attached hydrogens (tertiary/aromatic N) is 2. The Balaban J connectivity index is 1.86. The summed E-state index contributed by atoms with van der Waals surface area (Å²) in [6.45, 7) is 6.96. The van der Waals surface area contributed by atoms with Crippen molar-refractivity contribution in [1.82, 2.24) is 25.3 Å². The third kappa shape index (κ3) is 2.58. The van der Waals surface area contributed by atoms with Crippen LogP contribution in [0.25, 0.3) is 22.3 Å². The highest BCUT2D eigenvalue weighted by Crippen LogP contribution is 2.21. The van der Waals surface area contributed by atoms with Gasteiger partial charge >= 0.3 is 0 Å². The molecule has 0 aliphatic heterocycles. The Bertz CT molecular complexity index is 723. The van der Waals surface area contributed by atoms with E-state index in [1.807, 2.05) is 19.2 Å². The molecule has 0 bridgehead atoms. The number of hydrogen-bond acceptors (Lipinski definition) is 3. The van der Waals surface area contributed by atoms with Crippen molar-refractivity contribution in [2.75, 3.05) is 0 Å². The van der Waals surface area contributed by atoms with Gasteiger partial charge in [-0.25, -0.2) is 9.97 Å². The first kappa shape index (κ1) is 12.9. The van der Waals surface area contributed by atoms with Gasteiger partial charge < -0.3 is 15.3 Å². The zero-order valence-electron chi connectivity index (χ0n) is 12.0. The summed E-state index contributed by atoms with van der Waals surface area (Å²) in [6, 6.07) is 6.65. The molecule has 0 amide bonds. The standard InChI is InChI=1S/C15H19N5/c1-9(2)16-8-15-17-7-14(20-15)11-4-5-12-13(6-11)19-10(3)18-12/h4-7,9,16H,8H2,1-3H3,(H,17,20)(H,18,19). The van der Waals surface area contributed by atoms with Crippen LogP contribution in [0, 0.1) is 6.92 Å². The van der Waals surface area contributed by atoms with Crippen molar-refractivity contribution in [2.45, 2.75) is 33.4 Å². The molecule has 2 heterocycles. The van der Waals surface area contributed by atoms with Crippen LogP contribution in [-0.4, -0.2) is 26.0 Å². The number of hydrogen-bond donors (Lipinski definition) is 3. The van der Waals surface area contributed by atoms with Gasteiger partial charge in [0.05, 0.1) is 29.5 Å². The van der Waals surface area contributed by atoms with Crippen molar-refractivity contribution in [1.29, 1.82) is 0 Å². The van der Waals surface area contributed by atoms with E-state index in [1.165, 1.54) is 0 Å². The molecule has 1 aromatic carbocycles. The maximum Gasteiger partial charge on any atom is 0.120 e. The monoisotopic (exact) mass is 269 g/mol. The molecular formula is C15H19N5. The van der Waals surface area contributed by atoms with E-state index >= 15 is 0 Å². The molecule has 20 heavy (non-hydrogen) atoms. The number of aryl methyl sites for hydroxylation is 1. The summed E-state index contributed by atoms with van der Waals surface area (Å²) in [5, 5.41) is 3.35. The number of imidazole rings is 2. The molecule has 3 aromatic rings. The molecule has 0 unspecified atom stereocenters. The van der Waals surface area contributed by atoms with E-state index in [4.69, 9.17) is 0 Å². The van der Waals surface area contributed by atoms with Gasteiger partial charge in [0.15, 0.2) is 0 Å². The van der Waals surface area contributed by atoms with Crippen LogP contribution in [0.1, 0.15) is 25.5 Å². The van der Waals surface area contributed by atoms with E-state index in [-0.39, 0.29) is 0 Å². The molecular weight excluding hydrogens is 250 g/mol. The van der Waals surface area contributed by atoms with E-state index < -0.39 is 0 Å². The Morgan fingerprint density at radius 3 is 2.90 bits per heavy atom. The molecule has 5 nitrogen and oxygen atoms in total. The average molecular weight is 269 g/mol. The van der Waals surface area contributed by atoms with Gasteiger partial charge in [0, 0.05) is 11.6 Å². The molecule has 0 radical (unpaired) electrons. The summed E-state index contributed by atoms with van der Waals surface area (Å²) >= 11 is 0. The Hall–Kier alpha value is -2.14. The summed E-state index contributed by atoms with van der Waals surface area (Å²) in [7, 11) is 0. The van der Waals surface area contributed by atoms with Gasteiger partial charge in [0.2, 0.25) is 0 Å². The van der Waals surface area contributed by atoms with Crippen LogP contribution in [0.2, 0.25) is 0 Å². The highest BCUT2D eigenvalue weighted by molar-refractivity contribution is 5.81. The van der Waals surface area contributed by atoms with Crippen LogP contribution < -0.4 is 5.32 Å². The maximum absolute atomic E-state index is 4.41. The molecule has 3 rings (SSSR count). The van der Waals surface area contributed by atoms with Crippen molar-refractivity contribution in [3.8, 4) is 11.3 Å². The van der Waals surface area contributed by atoms with E-state index in [0.717, 1.165) is 40.5 Å². The molecule has 5 heteroatoms. The second-order valence-corrected chi connectivity index (χ2v) is 5.33. The minimum atomic E-state index is 0.452. The number of fused-ring (bicyclic) bond motifs is 1. The maximum atomic E-state index is 4.41. The lowest BCUT2D eigenvalue weighted by Gasteiger charge is -2.05. The van der Waals surface area contributed by atoms with Crippen molar-refractivity contribution < 1.29 is 0 Å². The van der Waals surface area contributed by atoms with Crippen molar-refractivity contribution in [3.63, 3.8) is 0 Å². The van der Waals surface area contributed by atoms with Gasteiger partial charge in [-0.05, 0) is 19.1 Å². The average Bonchev–Trinajstić information content (AvgIpc) is 3.00. The topological polar surface area (TPSA) is 69.4 Å². The summed E-state index contributed by atoms with van der Waals surface area (Å²) < 4.78 is 0. The molecule has 104 valence electrons. The van der Waals surface area contributed by atoms with Gasteiger partial charge in [0.25, 0.3) is 0 Å². The number of aromatic nitrogens is 4. The number of H-pyrrole nitrogens is 2. The molecule has 3 N–H and O–H groups in total. The SMILES string of the molecule is Cc1nc2ccc(-c3cnc(CNC(C)C)[nH]3)cc2[nH]1. The van der Waals surface area contributed by atoms with Gasteiger partial charge in [-0.2, -0.15) is 0 Å². The molecule has 0 atom stereocenters. The van der Waals surface area contributed by atoms with Crippen LogP contribution in [0.3, 0.4) is 0 Å². The third-order valence-electron chi connectivity index (χ3n) is 3.22. The third-order valence-corrected chi connectivity index (χ3v) is 3.22. The Kier molecular flexibility index (Phi) is 3.28. The van der Waals surface area contributed by atoms with Crippen LogP contribution in [0.15, 0.2) is 24.4 Å². The van der Waals surface area contributed by atoms with Crippen LogP contribution in [0.4, 0.5) is 0 Å². The predicted molar refractivity (Wildman–Crippen MR) is 80.4 cm³/mol. The largest absolute Gasteiger partial charge is 0.342 e. The zero-order valence-corrected chi connectivity index (χ0v) is 12.0. The quantitative estimate of drug-likeness (QED) is 0.682. The van der Waals surface area contributed by atoms with Crippen LogP contribution in [-0.2, 0) is 6.54 Å². The number of benzene rings is 1. The fourth-order valence-corrected chi connectivity index (χ4v) is 2.20. The van der Waals surface area contributed by atoms with Crippen molar-refractivity contribution in [3.05, 3.63) is 36.0 Å². The summed E-state index contributed by atoms with van der Waals surface area (Å²) in [5.41, 5.74) is 4.19. The van der Waals surface area contributed by atoms with Crippen LogP contribution >= 0.6 is 0 Å². The number of rotatable bonds is 4. The highest BCUT2D eigenvalue weighted by Gasteiger charge is 2.06. The lowest BCUT2D eigenvalue weighted by molar-refractivity contribution is 0.575. The zero-order chi connectivity index (χ0) is 14.1. The van der Waals surface area contributed by atoms with Crippen molar-refractivity contribution >= 4 is 11.0 Å². The molecule has 0 fully saturated rings. The van der Waals surface area contributed by atoms with Gasteiger partial charge in [-0.15, -0.1) is 0 Å². The fourth-order valence-electron chi connectivity index (χ4n) is 2.20. The number of nitrogens with one attached hydrogen (secondary N) is 3. The van der Waals surface area contributed by atoms with Crippen LogP contribution in [0.5, 0.6) is 0 Å². The van der Waals surface area contributed by atoms with E-state index in [0.29, 0.717) is 6.04 Å². The molecule has 2 aromatic heterocycles. The Morgan fingerprint density at radius 1 is 1.25 bits per heavy atom. The summed E-state index contributed by atoms with van der Waals surface area (Å²) in [5.74, 6) is 1.89. The Morgan fingerprint density at radius 2 is 2.10 bits per heavy atom.